The number of aromatic nitrogens is 1. The highest BCUT2D eigenvalue weighted by molar-refractivity contribution is 5.94. The Morgan fingerprint density at radius 3 is 3.00 bits per heavy atom. The SMILES string of the molecule is CCC(=O)c1ccc(N2CCCC(CCO)C2)cn1. The second-order valence-corrected chi connectivity index (χ2v) is 5.14. The molecule has 4 nitrogen and oxygen atoms in total. The Labute approximate surface area is 114 Å². The van der Waals surface area contributed by atoms with Crippen LogP contribution in [0.15, 0.2) is 18.3 Å². The van der Waals surface area contributed by atoms with Crippen molar-refractivity contribution in [1.82, 2.24) is 4.98 Å². The first-order chi connectivity index (χ1) is 9.24. The molecule has 1 atom stereocenters. The van der Waals surface area contributed by atoms with Crippen molar-refractivity contribution in [2.45, 2.75) is 32.6 Å². The summed E-state index contributed by atoms with van der Waals surface area (Å²) in [7, 11) is 0. The van der Waals surface area contributed by atoms with Gasteiger partial charge in [-0.15, -0.1) is 0 Å². The Morgan fingerprint density at radius 1 is 1.53 bits per heavy atom. The largest absolute Gasteiger partial charge is 0.396 e. The molecule has 2 rings (SSSR count). The summed E-state index contributed by atoms with van der Waals surface area (Å²) < 4.78 is 0. The summed E-state index contributed by atoms with van der Waals surface area (Å²) in [5.41, 5.74) is 1.63. The third kappa shape index (κ3) is 3.53. The number of nitrogens with zero attached hydrogens (tertiary/aromatic N) is 2. The zero-order chi connectivity index (χ0) is 13.7. The molecule has 1 N–H and O–H groups in total. The van der Waals surface area contributed by atoms with Crippen LogP contribution in [0.1, 0.15) is 43.1 Å². The monoisotopic (exact) mass is 262 g/mol. The van der Waals surface area contributed by atoms with Crippen LogP contribution in [0, 0.1) is 5.92 Å². The van der Waals surface area contributed by atoms with Gasteiger partial charge in [0.05, 0.1) is 11.9 Å². The maximum atomic E-state index is 11.5. The second-order valence-electron chi connectivity index (χ2n) is 5.14. The quantitative estimate of drug-likeness (QED) is 0.827. The van der Waals surface area contributed by atoms with E-state index >= 15 is 0 Å². The molecule has 0 aromatic carbocycles. The molecule has 0 bridgehead atoms. The summed E-state index contributed by atoms with van der Waals surface area (Å²) in [4.78, 5) is 18.1. The average Bonchev–Trinajstić information content (AvgIpc) is 2.47. The molecule has 1 saturated heterocycles. The number of ketones is 1. The van der Waals surface area contributed by atoms with Crippen molar-refractivity contribution in [3.63, 3.8) is 0 Å². The number of piperidine rings is 1. The number of hydrogen-bond donors (Lipinski definition) is 1. The van der Waals surface area contributed by atoms with Crippen molar-refractivity contribution in [3.05, 3.63) is 24.0 Å². The Kier molecular flexibility index (Phi) is 4.91. The lowest BCUT2D eigenvalue weighted by Crippen LogP contribution is -2.35. The van der Waals surface area contributed by atoms with E-state index in [1.165, 1.54) is 6.42 Å². The van der Waals surface area contributed by atoms with Crippen LogP contribution in [0.2, 0.25) is 0 Å². The van der Waals surface area contributed by atoms with Gasteiger partial charge in [0.15, 0.2) is 5.78 Å². The molecule has 1 unspecified atom stereocenters. The number of anilines is 1. The van der Waals surface area contributed by atoms with E-state index in [9.17, 15) is 4.79 Å². The smallest absolute Gasteiger partial charge is 0.180 e. The molecule has 1 aromatic rings. The normalized spacial score (nSPS) is 19.5. The molecule has 2 heterocycles. The average molecular weight is 262 g/mol. The lowest BCUT2D eigenvalue weighted by molar-refractivity contribution is 0.0983. The number of hydrogen-bond acceptors (Lipinski definition) is 4. The predicted octanol–water partition coefficient (Wildman–Crippen LogP) is 2.27. The van der Waals surface area contributed by atoms with Crippen molar-refractivity contribution in [2.75, 3.05) is 24.6 Å². The number of rotatable bonds is 5. The molecule has 0 saturated carbocycles. The lowest BCUT2D eigenvalue weighted by Gasteiger charge is -2.34. The van der Waals surface area contributed by atoms with E-state index in [1.54, 1.807) is 6.20 Å². The summed E-state index contributed by atoms with van der Waals surface area (Å²) in [5.74, 6) is 0.652. The fourth-order valence-corrected chi connectivity index (χ4v) is 2.64. The van der Waals surface area contributed by atoms with E-state index in [-0.39, 0.29) is 12.4 Å². The van der Waals surface area contributed by atoms with Gasteiger partial charge in [0.1, 0.15) is 5.69 Å². The van der Waals surface area contributed by atoms with E-state index in [4.69, 9.17) is 5.11 Å². The van der Waals surface area contributed by atoms with Gasteiger partial charge in [0.2, 0.25) is 0 Å². The Morgan fingerprint density at radius 2 is 2.37 bits per heavy atom. The Balaban J connectivity index is 2.03. The van der Waals surface area contributed by atoms with Crippen LogP contribution >= 0.6 is 0 Å². The molecule has 0 radical (unpaired) electrons. The minimum absolute atomic E-state index is 0.0864. The summed E-state index contributed by atoms with van der Waals surface area (Å²) in [6, 6.07) is 3.80. The van der Waals surface area contributed by atoms with E-state index < -0.39 is 0 Å². The first-order valence-electron chi connectivity index (χ1n) is 7.09. The van der Waals surface area contributed by atoms with Crippen molar-refractivity contribution in [2.24, 2.45) is 5.92 Å². The number of carbonyl (C=O) groups is 1. The first-order valence-corrected chi connectivity index (χ1v) is 7.09. The van der Waals surface area contributed by atoms with Gasteiger partial charge in [-0.2, -0.15) is 0 Å². The maximum absolute atomic E-state index is 11.5. The van der Waals surface area contributed by atoms with E-state index in [0.717, 1.165) is 31.6 Å². The van der Waals surface area contributed by atoms with Crippen LogP contribution < -0.4 is 4.90 Å². The number of Topliss-reactive ketones (excluding diaryl/α,β-unsaturated/α-hetero) is 1. The zero-order valence-electron chi connectivity index (χ0n) is 11.5. The van der Waals surface area contributed by atoms with Crippen LogP contribution in [-0.4, -0.2) is 35.6 Å². The topological polar surface area (TPSA) is 53.4 Å². The molecule has 0 spiro atoms. The summed E-state index contributed by atoms with van der Waals surface area (Å²) in [6.45, 7) is 4.12. The van der Waals surface area contributed by atoms with Gasteiger partial charge in [-0.25, -0.2) is 0 Å². The van der Waals surface area contributed by atoms with Gasteiger partial charge < -0.3 is 10.0 Å². The van der Waals surface area contributed by atoms with Crippen molar-refractivity contribution >= 4 is 11.5 Å². The van der Waals surface area contributed by atoms with Gasteiger partial charge in [-0.05, 0) is 37.3 Å². The van der Waals surface area contributed by atoms with Crippen LogP contribution in [0.25, 0.3) is 0 Å². The van der Waals surface area contributed by atoms with Crippen LogP contribution in [0.3, 0.4) is 0 Å². The summed E-state index contributed by atoms with van der Waals surface area (Å²) >= 11 is 0. The third-order valence-corrected chi connectivity index (χ3v) is 3.78. The molecule has 19 heavy (non-hydrogen) atoms. The molecule has 1 fully saturated rings. The number of pyridine rings is 1. The highest BCUT2D eigenvalue weighted by Crippen LogP contribution is 2.24. The first kappa shape index (κ1) is 14.0. The van der Waals surface area contributed by atoms with Crippen molar-refractivity contribution in [1.29, 1.82) is 0 Å². The van der Waals surface area contributed by atoms with Gasteiger partial charge in [0.25, 0.3) is 0 Å². The van der Waals surface area contributed by atoms with Crippen molar-refractivity contribution < 1.29 is 9.90 Å². The Hall–Kier alpha value is -1.42. The molecule has 4 heteroatoms. The van der Waals surface area contributed by atoms with Gasteiger partial charge in [-0.3, -0.25) is 9.78 Å². The highest BCUT2D eigenvalue weighted by Gasteiger charge is 2.20. The summed E-state index contributed by atoms with van der Waals surface area (Å²) in [5, 5.41) is 9.03. The number of carbonyl (C=O) groups excluding carboxylic acids is 1. The highest BCUT2D eigenvalue weighted by atomic mass is 16.3. The standard InChI is InChI=1S/C15H22N2O2/c1-2-15(19)14-6-5-13(10-16-14)17-8-3-4-12(11-17)7-9-18/h5-6,10,12,18H,2-4,7-9,11H2,1H3. The van der Waals surface area contributed by atoms with Gasteiger partial charge in [-0.1, -0.05) is 6.92 Å². The molecule has 1 aromatic heterocycles. The third-order valence-electron chi connectivity index (χ3n) is 3.78. The van der Waals surface area contributed by atoms with Crippen LogP contribution in [-0.2, 0) is 0 Å². The summed E-state index contributed by atoms with van der Waals surface area (Å²) in [6.07, 6.45) is 5.51. The van der Waals surface area contributed by atoms with E-state index in [0.29, 0.717) is 18.0 Å². The van der Waals surface area contributed by atoms with Crippen LogP contribution in [0.4, 0.5) is 5.69 Å². The fourth-order valence-electron chi connectivity index (χ4n) is 2.64. The van der Waals surface area contributed by atoms with E-state index in [2.05, 4.69) is 9.88 Å². The van der Waals surface area contributed by atoms with Crippen molar-refractivity contribution in [3.8, 4) is 0 Å². The lowest BCUT2D eigenvalue weighted by atomic mass is 9.95. The minimum Gasteiger partial charge on any atom is -0.396 e. The fraction of sp³-hybridized carbons (Fsp3) is 0.600. The molecular weight excluding hydrogens is 240 g/mol. The maximum Gasteiger partial charge on any atom is 0.180 e. The molecule has 0 aliphatic carbocycles. The second kappa shape index (κ2) is 6.66. The minimum atomic E-state index is 0.0864. The van der Waals surface area contributed by atoms with Gasteiger partial charge >= 0.3 is 0 Å². The number of aliphatic hydroxyl groups is 1. The molecular formula is C15H22N2O2. The molecule has 0 amide bonds. The van der Waals surface area contributed by atoms with Gasteiger partial charge in [0, 0.05) is 26.1 Å². The molecule has 1 aliphatic heterocycles. The molecule has 1 aliphatic rings. The zero-order valence-corrected chi connectivity index (χ0v) is 11.5. The molecule has 104 valence electrons. The predicted molar refractivity (Wildman–Crippen MR) is 75.5 cm³/mol. The Bertz CT molecular complexity index is 415. The van der Waals surface area contributed by atoms with E-state index in [1.807, 2.05) is 19.1 Å². The van der Waals surface area contributed by atoms with Crippen LogP contribution in [0.5, 0.6) is 0 Å². The number of aliphatic hydroxyl groups excluding tert-OH is 1.